The van der Waals surface area contributed by atoms with E-state index in [-0.39, 0.29) is 17.9 Å². The third-order valence-corrected chi connectivity index (χ3v) is 5.81. The second kappa shape index (κ2) is 11.6. The first-order chi connectivity index (χ1) is 17.5. The highest BCUT2D eigenvalue weighted by Crippen LogP contribution is 2.27. The van der Waals surface area contributed by atoms with E-state index >= 15 is 0 Å². The Balaban J connectivity index is 1.53. The molecule has 0 bridgehead atoms. The second-order valence-corrected chi connectivity index (χ2v) is 9.93. The normalized spacial score (nSPS) is 17.1. The number of benzene rings is 1. The summed E-state index contributed by atoms with van der Waals surface area (Å²) in [5.74, 6) is 7.26. The molecule has 0 aliphatic heterocycles. The summed E-state index contributed by atoms with van der Waals surface area (Å²) in [5, 5.41) is 18.2. The smallest absolute Gasteiger partial charge is 0.410 e. The maximum Gasteiger partial charge on any atom is 0.410 e. The van der Waals surface area contributed by atoms with E-state index in [0.29, 0.717) is 28.6 Å². The Morgan fingerprint density at radius 3 is 2.65 bits per heavy atom. The maximum atomic E-state index is 12.6. The Kier molecular flexibility index (Phi) is 8.56. The van der Waals surface area contributed by atoms with Crippen LogP contribution in [0.4, 0.5) is 22.2 Å². The highest BCUT2D eigenvalue weighted by atomic mass is 16.6. The van der Waals surface area contributed by atoms with Gasteiger partial charge < -0.3 is 20.7 Å². The van der Waals surface area contributed by atoms with E-state index in [1.54, 1.807) is 66.2 Å². The standard InChI is InChI=1S/C27H33N7O3/c1-17(34(6)26(36)37-27(2,3)4)24(35)31-22-12-18(13-22)10-11-20-16-30-25(33-23(20)29-5)32-21-9-7-8-19(14-21)15-28/h7-9,14,16-18,22H,12-13H2,1-6H3,(H,31,35)(H2,29,30,32,33)/t17-,18-,22+/m0/s1. The molecule has 0 saturated heterocycles. The second-order valence-electron chi connectivity index (χ2n) is 9.93. The van der Waals surface area contributed by atoms with E-state index in [1.807, 2.05) is 6.07 Å². The lowest BCUT2D eigenvalue weighted by atomic mass is 9.80. The average Bonchev–Trinajstić information content (AvgIpc) is 2.83. The number of hydrogen-bond donors (Lipinski definition) is 3. The zero-order valence-corrected chi connectivity index (χ0v) is 22.0. The summed E-state index contributed by atoms with van der Waals surface area (Å²) in [7, 11) is 3.32. The molecule has 0 spiro atoms. The van der Waals surface area contributed by atoms with E-state index < -0.39 is 17.7 Å². The number of anilines is 3. The van der Waals surface area contributed by atoms with Gasteiger partial charge in [-0.05, 0) is 58.7 Å². The van der Waals surface area contributed by atoms with Gasteiger partial charge in [0.25, 0.3) is 0 Å². The fourth-order valence-corrected chi connectivity index (χ4v) is 3.54. The Bertz CT molecular complexity index is 1250. The lowest BCUT2D eigenvalue weighted by molar-refractivity contribution is -0.126. The Labute approximate surface area is 217 Å². The molecule has 1 aromatic carbocycles. The van der Waals surface area contributed by atoms with Crippen LogP contribution in [0.15, 0.2) is 30.5 Å². The predicted molar refractivity (Wildman–Crippen MR) is 141 cm³/mol. The Morgan fingerprint density at radius 1 is 1.27 bits per heavy atom. The summed E-state index contributed by atoms with van der Waals surface area (Å²) in [4.78, 5) is 34.9. The molecule has 3 rings (SSSR count). The minimum atomic E-state index is -0.648. The molecule has 194 valence electrons. The van der Waals surface area contributed by atoms with E-state index in [2.05, 4.69) is 43.8 Å². The summed E-state index contributed by atoms with van der Waals surface area (Å²) in [6, 6.07) is 8.53. The summed E-state index contributed by atoms with van der Waals surface area (Å²) in [6.07, 6.45) is 2.57. The van der Waals surface area contributed by atoms with Crippen LogP contribution in [-0.4, -0.2) is 58.6 Å². The van der Waals surface area contributed by atoms with Gasteiger partial charge in [0, 0.05) is 31.7 Å². The number of amides is 2. The summed E-state index contributed by atoms with van der Waals surface area (Å²) in [5.41, 5.74) is 1.30. The molecule has 1 aliphatic rings. The maximum absolute atomic E-state index is 12.6. The van der Waals surface area contributed by atoms with Crippen molar-refractivity contribution in [3.8, 4) is 17.9 Å². The lowest BCUT2D eigenvalue weighted by Gasteiger charge is -2.34. The van der Waals surface area contributed by atoms with Crippen molar-refractivity contribution in [1.29, 1.82) is 5.26 Å². The SMILES string of the molecule is CNc1nc(Nc2cccc(C#N)c2)ncc1C#C[C@H]1C[C@@H](NC(=O)[C@H](C)N(C)C(=O)OC(C)(C)C)C1. The van der Waals surface area contributed by atoms with Crippen molar-refractivity contribution in [3.05, 3.63) is 41.6 Å². The number of carbonyl (C=O) groups is 2. The molecule has 0 radical (unpaired) electrons. The Morgan fingerprint density at radius 2 is 2.00 bits per heavy atom. The van der Waals surface area contributed by atoms with Gasteiger partial charge in [-0.2, -0.15) is 10.2 Å². The molecule has 1 atom stereocenters. The molecule has 1 heterocycles. The molecule has 1 saturated carbocycles. The van der Waals surface area contributed by atoms with Crippen molar-refractivity contribution < 1.29 is 14.3 Å². The molecule has 1 fully saturated rings. The van der Waals surface area contributed by atoms with Crippen LogP contribution in [0.2, 0.25) is 0 Å². The van der Waals surface area contributed by atoms with Gasteiger partial charge in [0.1, 0.15) is 17.5 Å². The van der Waals surface area contributed by atoms with Crippen molar-refractivity contribution in [1.82, 2.24) is 20.2 Å². The zero-order valence-electron chi connectivity index (χ0n) is 22.0. The van der Waals surface area contributed by atoms with Gasteiger partial charge in [0.15, 0.2) is 0 Å². The third kappa shape index (κ3) is 7.58. The number of likely N-dealkylation sites (N-methyl/N-ethyl adjacent to an activating group) is 1. The van der Waals surface area contributed by atoms with Gasteiger partial charge >= 0.3 is 6.09 Å². The predicted octanol–water partition coefficient (Wildman–Crippen LogP) is 3.64. The van der Waals surface area contributed by atoms with Gasteiger partial charge in [-0.3, -0.25) is 9.69 Å². The summed E-state index contributed by atoms with van der Waals surface area (Å²) in [6.45, 7) is 7.03. The lowest BCUT2D eigenvalue weighted by Crippen LogP contribution is -2.52. The van der Waals surface area contributed by atoms with Crippen LogP contribution in [-0.2, 0) is 9.53 Å². The molecule has 1 aliphatic carbocycles. The van der Waals surface area contributed by atoms with Crippen LogP contribution < -0.4 is 16.0 Å². The van der Waals surface area contributed by atoms with E-state index in [4.69, 9.17) is 10.00 Å². The number of carbonyl (C=O) groups excluding carboxylic acids is 2. The number of nitrogens with one attached hydrogen (secondary N) is 3. The minimum absolute atomic E-state index is 0.0112. The fourth-order valence-electron chi connectivity index (χ4n) is 3.54. The highest BCUT2D eigenvalue weighted by Gasteiger charge is 2.32. The van der Waals surface area contributed by atoms with Crippen molar-refractivity contribution in [3.63, 3.8) is 0 Å². The summed E-state index contributed by atoms with van der Waals surface area (Å²) < 4.78 is 5.33. The molecule has 2 aromatic rings. The number of nitriles is 1. The minimum Gasteiger partial charge on any atom is -0.444 e. The largest absolute Gasteiger partial charge is 0.444 e. The first-order valence-corrected chi connectivity index (χ1v) is 12.1. The van der Waals surface area contributed by atoms with Crippen LogP contribution >= 0.6 is 0 Å². The number of rotatable bonds is 6. The Hall–Kier alpha value is -4.31. The highest BCUT2D eigenvalue weighted by molar-refractivity contribution is 5.85. The van der Waals surface area contributed by atoms with Crippen LogP contribution in [0.5, 0.6) is 0 Å². The molecular formula is C27H33N7O3. The molecule has 0 unspecified atom stereocenters. The van der Waals surface area contributed by atoms with Crippen molar-refractivity contribution in [2.75, 3.05) is 24.7 Å². The van der Waals surface area contributed by atoms with Crippen LogP contribution in [0.25, 0.3) is 0 Å². The molecule has 37 heavy (non-hydrogen) atoms. The number of hydrogen-bond acceptors (Lipinski definition) is 8. The number of nitrogens with zero attached hydrogens (tertiary/aromatic N) is 4. The average molecular weight is 504 g/mol. The first kappa shape index (κ1) is 27.3. The van der Waals surface area contributed by atoms with E-state index in [9.17, 15) is 9.59 Å². The molecule has 10 heteroatoms. The van der Waals surface area contributed by atoms with Gasteiger partial charge in [-0.15, -0.1) is 0 Å². The molecular weight excluding hydrogens is 470 g/mol. The number of aromatic nitrogens is 2. The number of ether oxygens (including phenoxy) is 1. The first-order valence-electron chi connectivity index (χ1n) is 12.1. The van der Waals surface area contributed by atoms with Crippen molar-refractivity contribution in [2.45, 2.75) is 58.2 Å². The fraction of sp³-hybridized carbons (Fsp3) is 0.444. The van der Waals surface area contributed by atoms with E-state index in [0.717, 1.165) is 12.8 Å². The molecule has 1 aromatic heterocycles. The topological polar surface area (TPSA) is 132 Å². The third-order valence-electron chi connectivity index (χ3n) is 5.81. The van der Waals surface area contributed by atoms with Crippen molar-refractivity contribution in [2.24, 2.45) is 5.92 Å². The molecule has 10 nitrogen and oxygen atoms in total. The van der Waals surface area contributed by atoms with Gasteiger partial charge in [-0.1, -0.05) is 17.9 Å². The van der Waals surface area contributed by atoms with E-state index in [1.165, 1.54) is 4.90 Å². The quantitative estimate of drug-likeness (QED) is 0.509. The monoisotopic (exact) mass is 503 g/mol. The van der Waals surface area contributed by atoms with Crippen LogP contribution in [0.1, 0.15) is 51.7 Å². The molecule has 3 N–H and O–H groups in total. The molecule has 2 amide bonds. The van der Waals surface area contributed by atoms with Gasteiger partial charge in [-0.25, -0.2) is 9.78 Å². The van der Waals surface area contributed by atoms with Crippen molar-refractivity contribution >= 4 is 29.5 Å². The van der Waals surface area contributed by atoms with Crippen LogP contribution in [0, 0.1) is 29.1 Å². The van der Waals surface area contributed by atoms with Crippen LogP contribution in [0.3, 0.4) is 0 Å². The van der Waals surface area contributed by atoms with Gasteiger partial charge in [0.2, 0.25) is 11.9 Å². The summed E-state index contributed by atoms with van der Waals surface area (Å²) >= 11 is 0. The van der Waals surface area contributed by atoms with Gasteiger partial charge in [0.05, 0.1) is 23.4 Å². The zero-order chi connectivity index (χ0) is 27.2.